The third-order valence-electron chi connectivity index (χ3n) is 3.61. The average molecular weight is 422 g/mol. The fourth-order valence-electron chi connectivity index (χ4n) is 2.14. The Hall–Kier alpha value is -0.420. The van der Waals surface area contributed by atoms with Crippen LogP contribution in [0.25, 0.3) is 0 Å². The van der Waals surface area contributed by atoms with E-state index < -0.39 is 16.8 Å². The molecule has 0 aliphatic carbocycles. The van der Waals surface area contributed by atoms with Gasteiger partial charge in [-0.05, 0) is 26.7 Å². The zero-order chi connectivity index (χ0) is 20.7. The molecule has 0 fully saturated rings. The van der Waals surface area contributed by atoms with Crippen molar-refractivity contribution >= 4 is 16.8 Å². The van der Waals surface area contributed by atoms with E-state index in [1.807, 2.05) is 6.92 Å². The van der Waals surface area contributed by atoms with Gasteiger partial charge in [-0.15, -0.1) is 0 Å². The molecule has 0 radical (unpaired) electrons. The van der Waals surface area contributed by atoms with Crippen molar-refractivity contribution in [2.75, 3.05) is 6.61 Å². The molecule has 27 heavy (non-hydrogen) atoms. The summed E-state index contributed by atoms with van der Waals surface area (Å²) < 4.78 is 9.04. The normalized spacial score (nSPS) is 15.3. The summed E-state index contributed by atoms with van der Waals surface area (Å²) in [7, 11) is -7.23. The topological polar surface area (TPSA) is 99.4 Å². The van der Waals surface area contributed by atoms with Crippen LogP contribution in [0, 0.1) is 0 Å². The summed E-state index contributed by atoms with van der Waals surface area (Å²) in [6, 6.07) is 0. The summed E-state index contributed by atoms with van der Waals surface area (Å²) in [4.78, 5) is 35.3. The van der Waals surface area contributed by atoms with Gasteiger partial charge in [-0.3, -0.25) is 0 Å². The molecular formula is C19H36O6P2. The van der Waals surface area contributed by atoms with E-state index in [0.717, 1.165) is 44.1 Å². The molecule has 1 atom stereocenters. The first-order valence-corrected chi connectivity index (χ1v) is 12.1. The summed E-state index contributed by atoms with van der Waals surface area (Å²) in [5, 5.41) is 0. The number of allylic oxidation sites excluding steroid dienone is 7. The number of rotatable bonds is 14. The van der Waals surface area contributed by atoms with Crippen LogP contribution < -0.4 is 0 Å². The van der Waals surface area contributed by atoms with Gasteiger partial charge in [-0.25, -0.2) is 0 Å². The van der Waals surface area contributed by atoms with Gasteiger partial charge in [0, 0.05) is 0 Å². The van der Waals surface area contributed by atoms with Crippen LogP contribution in [-0.2, 0) is 8.83 Å². The van der Waals surface area contributed by atoms with E-state index >= 15 is 0 Å². The third kappa shape index (κ3) is 20.1. The molecule has 4 N–H and O–H groups in total. The van der Waals surface area contributed by atoms with E-state index in [1.54, 1.807) is 6.08 Å². The minimum absolute atomic E-state index is 0.0821. The Morgan fingerprint density at radius 2 is 1.41 bits per heavy atom. The van der Waals surface area contributed by atoms with Crippen LogP contribution in [-0.4, -0.2) is 26.2 Å². The Morgan fingerprint density at radius 3 is 2.04 bits per heavy atom. The number of unbranched alkanes of at least 4 members (excludes halogenated alkanes) is 1. The van der Waals surface area contributed by atoms with Gasteiger partial charge in [-0.2, -0.15) is 0 Å². The van der Waals surface area contributed by atoms with Crippen molar-refractivity contribution < 1.29 is 28.4 Å². The van der Waals surface area contributed by atoms with E-state index in [1.165, 1.54) is 11.1 Å². The molecule has 0 heterocycles. The molecule has 0 spiro atoms. The molecule has 0 rings (SSSR count). The quantitative estimate of drug-likeness (QED) is 0.170. The second kappa shape index (κ2) is 15.5. The van der Waals surface area contributed by atoms with Crippen LogP contribution in [0.5, 0.6) is 0 Å². The van der Waals surface area contributed by atoms with Crippen LogP contribution in [0.1, 0.15) is 66.2 Å². The first-order chi connectivity index (χ1) is 12.6. The van der Waals surface area contributed by atoms with Gasteiger partial charge in [0.1, 0.15) is 0 Å². The van der Waals surface area contributed by atoms with Gasteiger partial charge in [0.15, 0.2) is 0 Å². The number of hydrogen-bond acceptors (Lipinski definition) is 6. The molecule has 0 aliphatic heterocycles. The van der Waals surface area contributed by atoms with Crippen LogP contribution in [0.15, 0.2) is 47.1 Å². The maximum absolute atomic E-state index is 9.25. The zero-order valence-electron chi connectivity index (χ0n) is 16.9. The molecule has 158 valence electrons. The van der Waals surface area contributed by atoms with Gasteiger partial charge in [0.25, 0.3) is 0 Å². The predicted molar refractivity (Wildman–Crippen MR) is 115 cm³/mol. The molecule has 0 aromatic heterocycles. The van der Waals surface area contributed by atoms with Crippen molar-refractivity contribution in [2.45, 2.75) is 66.2 Å². The van der Waals surface area contributed by atoms with Crippen molar-refractivity contribution in [1.29, 1.82) is 0 Å². The van der Waals surface area contributed by atoms with Crippen LogP contribution >= 0.6 is 16.8 Å². The monoisotopic (exact) mass is 422 g/mol. The SMILES string of the molecule is CC(C)=CCC/C=C/CC/C(C)=C/CC/C(C)=C/COP(O)O[PH](O)(O)O. The van der Waals surface area contributed by atoms with Crippen molar-refractivity contribution in [2.24, 2.45) is 0 Å². The summed E-state index contributed by atoms with van der Waals surface area (Å²) in [6.45, 7) is 8.43. The first kappa shape index (κ1) is 26.6. The van der Waals surface area contributed by atoms with Crippen LogP contribution in [0.2, 0.25) is 0 Å². The molecule has 6 nitrogen and oxygen atoms in total. The molecule has 0 aromatic rings. The first-order valence-electron chi connectivity index (χ1n) is 9.18. The molecule has 8 heteroatoms. The zero-order valence-corrected chi connectivity index (χ0v) is 18.8. The Morgan fingerprint density at radius 1 is 0.815 bits per heavy atom. The second-order valence-corrected chi connectivity index (χ2v) is 9.32. The van der Waals surface area contributed by atoms with Crippen molar-refractivity contribution in [1.82, 2.24) is 0 Å². The van der Waals surface area contributed by atoms with Gasteiger partial charge in [-0.1, -0.05) is 23.8 Å². The van der Waals surface area contributed by atoms with Gasteiger partial charge in [0.05, 0.1) is 0 Å². The van der Waals surface area contributed by atoms with E-state index in [9.17, 15) is 4.89 Å². The van der Waals surface area contributed by atoms with E-state index in [2.05, 4.69) is 49.4 Å². The number of hydrogen-bond donors (Lipinski definition) is 4. The predicted octanol–water partition coefficient (Wildman–Crippen LogP) is 5.38. The van der Waals surface area contributed by atoms with E-state index in [0.29, 0.717) is 0 Å². The summed E-state index contributed by atoms with van der Waals surface area (Å²) in [6.07, 6.45) is 16.9. The molecule has 0 aliphatic rings. The fourth-order valence-corrected chi connectivity index (χ4v) is 3.39. The van der Waals surface area contributed by atoms with Crippen molar-refractivity contribution in [3.63, 3.8) is 0 Å². The Labute approximate surface area is 165 Å². The third-order valence-corrected chi connectivity index (χ3v) is 5.58. The van der Waals surface area contributed by atoms with Crippen LogP contribution in [0.4, 0.5) is 0 Å². The molecule has 0 saturated carbocycles. The van der Waals surface area contributed by atoms with Gasteiger partial charge >= 0.3 is 115 Å². The van der Waals surface area contributed by atoms with Crippen molar-refractivity contribution in [3.8, 4) is 0 Å². The maximum atomic E-state index is 9.25. The van der Waals surface area contributed by atoms with Crippen LogP contribution in [0.3, 0.4) is 0 Å². The van der Waals surface area contributed by atoms with Gasteiger partial charge < -0.3 is 0 Å². The summed E-state index contributed by atoms with van der Waals surface area (Å²) >= 11 is 0. The second-order valence-electron chi connectivity index (χ2n) is 6.71. The van der Waals surface area contributed by atoms with Gasteiger partial charge in [0.2, 0.25) is 0 Å². The standard InChI is InChI=1S/C19H36O6P2/c1-17(2)11-8-6-5-7-9-12-18(3)13-10-14-19(4)15-16-24-26(20)25-27(21,22)23/h5,7,11,13,15,20-23,27H,6,8-10,12,14,16H2,1-4H3/b7-5+,18-13+,19-15+. The van der Waals surface area contributed by atoms with E-state index in [4.69, 9.17) is 19.2 Å². The molecule has 0 amide bonds. The Bertz CT molecular complexity index is 517. The molecule has 1 unspecified atom stereocenters. The van der Waals surface area contributed by atoms with Crippen molar-refractivity contribution in [3.05, 3.63) is 47.1 Å². The fraction of sp³-hybridized carbons (Fsp3) is 0.579. The average Bonchev–Trinajstić information content (AvgIpc) is 2.52. The Balaban J connectivity index is 3.91. The Kier molecular flexibility index (Phi) is 15.3. The molecular weight excluding hydrogens is 386 g/mol. The molecule has 0 saturated heterocycles. The van der Waals surface area contributed by atoms with E-state index in [-0.39, 0.29) is 6.61 Å². The molecule has 0 bridgehead atoms. The summed E-state index contributed by atoms with van der Waals surface area (Å²) in [5.41, 5.74) is 3.84. The summed E-state index contributed by atoms with van der Waals surface area (Å²) in [5.74, 6) is 0. The minimum atomic E-state index is -4.74. The molecule has 0 aromatic carbocycles.